The molecule has 0 aliphatic rings. The largest absolute Gasteiger partial charge is 0.360 e. The van der Waals surface area contributed by atoms with E-state index in [1.165, 1.54) is 24.3 Å². The lowest BCUT2D eigenvalue weighted by Crippen LogP contribution is -2.42. The molecule has 1 unspecified atom stereocenters. The van der Waals surface area contributed by atoms with Gasteiger partial charge in [0.2, 0.25) is 5.91 Å². The first-order chi connectivity index (χ1) is 9.92. The third kappa shape index (κ3) is 6.13. The summed E-state index contributed by atoms with van der Waals surface area (Å²) in [6, 6.07) is 6.19. The van der Waals surface area contributed by atoms with Crippen molar-refractivity contribution in [2.75, 3.05) is 0 Å². The highest BCUT2D eigenvalue weighted by molar-refractivity contribution is 7.80. The van der Waals surface area contributed by atoms with Crippen LogP contribution in [0.2, 0.25) is 0 Å². The highest BCUT2D eigenvalue weighted by atomic mass is 32.1. The molecule has 0 heterocycles. The minimum atomic E-state index is -0.484. The minimum Gasteiger partial charge on any atom is -0.360 e. The zero-order valence-electron chi connectivity index (χ0n) is 11.8. The second-order valence-electron chi connectivity index (χ2n) is 4.46. The van der Waals surface area contributed by atoms with Gasteiger partial charge < -0.3 is 5.32 Å². The maximum absolute atomic E-state index is 11.7. The number of nitrogens with one attached hydrogen (secondary N) is 2. The molecular weight excluding hydrogens is 290 g/mol. The zero-order chi connectivity index (χ0) is 15.8. The zero-order valence-corrected chi connectivity index (χ0v) is 12.6. The van der Waals surface area contributed by atoms with Crippen LogP contribution in [0.4, 0.5) is 5.69 Å². The van der Waals surface area contributed by atoms with E-state index in [2.05, 4.69) is 10.6 Å². The molecule has 21 heavy (non-hydrogen) atoms. The number of hydrogen-bond acceptors (Lipinski definition) is 4. The van der Waals surface area contributed by atoms with E-state index in [0.717, 1.165) is 6.42 Å². The van der Waals surface area contributed by atoms with Gasteiger partial charge in [-0.15, -0.1) is 0 Å². The number of nitro benzene ring substituents is 1. The smallest absolute Gasteiger partial charge is 0.270 e. The summed E-state index contributed by atoms with van der Waals surface area (Å²) in [5, 5.41) is 16.4. The number of nitrogens with zero attached hydrogens (tertiary/aromatic N) is 1. The molecule has 7 heteroatoms. The Labute approximate surface area is 128 Å². The van der Waals surface area contributed by atoms with Crippen LogP contribution in [0, 0.1) is 10.1 Å². The van der Waals surface area contributed by atoms with Crippen LogP contribution in [0.5, 0.6) is 0 Å². The second-order valence-corrected chi connectivity index (χ2v) is 4.87. The van der Waals surface area contributed by atoms with Crippen molar-refractivity contribution in [3.05, 3.63) is 46.0 Å². The van der Waals surface area contributed by atoms with Crippen LogP contribution >= 0.6 is 12.2 Å². The summed E-state index contributed by atoms with van der Waals surface area (Å²) in [5.74, 6) is -0.387. The Morgan fingerprint density at radius 2 is 2.24 bits per heavy atom. The van der Waals surface area contributed by atoms with Gasteiger partial charge in [0.1, 0.15) is 0 Å². The van der Waals surface area contributed by atoms with E-state index in [9.17, 15) is 14.9 Å². The summed E-state index contributed by atoms with van der Waals surface area (Å²) in [6.45, 7) is 3.96. The molecule has 0 radical (unpaired) electrons. The summed E-state index contributed by atoms with van der Waals surface area (Å²) >= 11 is 4.99. The minimum absolute atomic E-state index is 0.0217. The number of nitro groups is 1. The number of hydrogen-bond donors (Lipinski definition) is 2. The molecule has 0 saturated carbocycles. The third-order valence-corrected chi connectivity index (χ3v) is 2.95. The summed E-state index contributed by atoms with van der Waals surface area (Å²) in [6.07, 6.45) is 3.66. The quantitative estimate of drug-likeness (QED) is 0.378. The number of carbonyl (C=O) groups excluding carboxylic acids is 1. The predicted octanol–water partition coefficient (Wildman–Crippen LogP) is 2.40. The lowest BCUT2D eigenvalue weighted by atomic mass is 10.2. The van der Waals surface area contributed by atoms with Crippen LogP contribution in [0.25, 0.3) is 6.08 Å². The van der Waals surface area contributed by atoms with Crippen molar-refractivity contribution in [2.24, 2.45) is 0 Å². The first-order valence-electron chi connectivity index (χ1n) is 6.46. The monoisotopic (exact) mass is 307 g/mol. The molecule has 1 rings (SSSR count). The van der Waals surface area contributed by atoms with Crippen LogP contribution < -0.4 is 10.6 Å². The molecule has 0 aliphatic carbocycles. The van der Waals surface area contributed by atoms with Crippen LogP contribution in [0.1, 0.15) is 25.8 Å². The maximum atomic E-state index is 11.7. The molecule has 0 saturated heterocycles. The van der Waals surface area contributed by atoms with Crippen molar-refractivity contribution in [2.45, 2.75) is 26.3 Å². The molecule has 112 valence electrons. The van der Waals surface area contributed by atoms with Crippen molar-refractivity contribution in [3.8, 4) is 0 Å². The van der Waals surface area contributed by atoms with E-state index in [0.29, 0.717) is 5.56 Å². The molecule has 1 atom stereocenters. The summed E-state index contributed by atoms with van der Waals surface area (Å²) in [4.78, 5) is 21.8. The summed E-state index contributed by atoms with van der Waals surface area (Å²) < 4.78 is 0. The predicted molar refractivity (Wildman–Crippen MR) is 85.8 cm³/mol. The molecule has 0 spiro atoms. The van der Waals surface area contributed by atoms with E-state index >= 15 is 0 Å². The summed E-state index contributed by atoms with van der Waals surface area (Å²) in [5.41, 5.74) is 0.548. The van der Waals surface area contributed by atoms with Crippen LogP contribution in [0.15, 0.2) is 30.3 Å². The topological polar surface area (TPSA) is 84.3 Å². The fourth-order valence-electron chi connectivity index (χ4n) is 1.43. The molecule has 6 nitrogen and oxygen atoms in total. The first-order valence-corrected chi connectivity index (χ1v) is 6.87. The number of amides is 1. The summed E-state index contributed by atoms with van der Waals surface area (Å²) in [7, 11) is 0. The van der Waals surface area contributed by atoms with E-state index in [4.69, 9.17) is 12.2 Å². The Bertz CT molecular complexity index is 572. The molecular formula is C14H17N3O3S. The fraction of sp³-hybridized carbons (Fsp3) is 0.286. The molecule has 1 aromatic carbocycles. The normalized spacial score (nSPS) is 11.9. The second kappa shape index (κ2) is 8.11. The number of non-ortho nitro benzene ring substituents is 1. The van der Waals surface area contributed by atoms with Crippen molar-refractivity contribution in [1.29, 1.82) is 0 Å². The van der Waals surface area contributed by atoms with Crippen LogP contribution in [-0.4, -0.2) is 22.0 Å². The Balaban J connectivity index is 2.60. The molecule has 0 aliphatic heterocycles. The van der Waals surface area contributed by atoms with E-state index in [1.54, 1.807) is 12.1 Å². The van der Waals surface area contributed by atoms with Crippen molar-refractivity contribution >= 4 is 35.0 Å². The number of benzene rings is 1. The Kier molecular flexibility index (Phi) is 6.48. The average Bonchev–Trinajstić information content (AvgIpc) is 2.45. The van der Waals surface area contributed by atoms with Crippen molar-refractivity contribution in [3.63, 3.8) is 0 Å². The Morgan fingerprint density at radius 3 is 2.86 bits per heavy atom. The highest BCUT2D eigenvalue weighted by Crippen LogP contribution is 2.13. The van der Waals surface area contributed by atoms with Gasteiger partial charge in [-0.25, -0.2) is 0 Å². The lowest BCUT2D eigenvalue weighted by molar-refractivity contribution is -0.384. The molecule has 0 aromatic heterocycles. The first kappa shape index (κ1) is 16.8. The molecule has 0 fully saturated rings. The Hall–Kier alpha value is -2.28. The van der Waals surface area contributed by atoms with Gasteiger partial charge in [-0.2, -0.15) is 0 Å². The van der Waals surface area contributed by atoms with Crippen molar-refractivity contribution < 1.29 is 9.72 Å². The van der Waals surface area contributed by atoms with Gasteiger partial charge in [0.25, 0.3) is 5.69 Å². The van der Waals surface area contributed by atoms with E-state index < -0.39 is 4.92 Å². The van der Waals surface area contributed by atoms with Gasteiger partial charge >= 0.3 is 0 Å². The van der Waals surface area contributed by atoms with Gasteiger partial charge in [0, 0.05) is 24.3 Å². The third-order valence-electron chi connectivity index (χ3n) is 2.73. The number of rotatable bonds is 5. The lowest BCUT2D eigenvalue weighted by Gasteiger charge is -2.13. The molecule has 1 aromatic rings. The molecule has 1 amide bonds. The SMILES string of the molecule is CCC(C)NC(=S)NC(=O)/C=C/c1cccc([N+](=O)[O-])c1. The maximum Gasteiger partial charge on any atom is 0.270 e. The van der Waals surface area contributed by atoms with Gasteiger partial charge in [0.15, 0.2) is 5.11 Å². The number of carbonyl (C=O) groups is 1. The van der Waals surface area contributed by atoms with Gasteiger partial charge in [-0.3, -0.25) is 20.2 Å². The molecule has 0 bridgehead atoms. The van der Waals surface area contributed by atoms with E-state index in [1.807, 2.05) is 13.8 Å². The van der Waals surface area contributed by atoms with Crippen LogP contribution in [0.3, 0.4) is 0 Å². The van der Waals surface area contributed by atoms with E-state index in [-0.39, 0.29) is 22.7 Å². The van der Waals surface area contributed by atoms with Crippen molar-refractivity contribution in [1.82, 2.24) is 10.6 Å². The fourth-order valence-corrected chi connectivity index (χ4v) is 1.73. The van der Waals surface area contributed by atoms with Crippen LogP contribution in [-0.2, 0) is 4.79 Å². The Morgan fingerprint density at radius 1 is 1.52 bits per heavy atom. The van der Waals surface area contributed by atoms with Gasteiger partial charge in [-0.1, -0.05) is 19.1 Å². The highest BCUT2D eigenvalue weighted by Gasteiger charge is 2.05. The molecule has 2 N–H and O–H groups in total. The average molecular weight is 307 g/mol. The number of thiocarbonyl (C=S) groups is 1. The standard InChI is InChI=1S/C14H17N3O3S/c1-3-10(2)15-14(21)16-13(18)8-7-11-5-4-6-12(9-11)17(19)20/h4-10H,3H2,1-2H3,(H2,15,16,18,21)/b8-7+. The van der Waals surface area contributed by atoms with Gasteiger partial charge in [-0.05, 0) is 37.2 Å². The van der Waals surface area contributed by atoms with Gasteiger partial charge in [0.05, 0.1) is 4.92 Å².